The molecule has 0 aliphatic carbocycles. The number of methoxy groups -OCH3 is 2. The maximum Gasteiger partial charge on any atom is 0.221 e. The summed E-state index contributed by atoms with van der Waals surface area (Å²) in [6.45, 7) is 2.65. The molecule has 3 rings (SSSR count). The number of benzene rings is 2. The molecule has 1 unspecified atom stereocenters. The number of para-hydroxylation sites is 1. The summed E-state index contributed by atoms with van der Waals surface area (Å²) in [7, 11) is 5.31. The Hall–Kier alpha value is -2.79. The molecule has 0 fully saturated rings. The van der Waals surface area contributed by atoms with Gasteiger partial charge < -0.3 is 19.4 Å². The third kappa shape index (κ3) is 3.44. The summed E-state index contributed by atoms with van der Waals surface area (Å²) in [5.74, 6) is 1.66. The Morgan fingerprint density at radius 3 is 2.65 bits per heavy atom. The first-order valence-corrected chi connectivity index (χ1v) is 8.68. The fraction of sp³-hybridized carbons (Fsp3) is 0.286. The van der Waals surface area contributed by atoms with Crippen LogP contribution in [-0.4, -0.2) is 38.1 Å². The molecule has 136 valence electrons. The van der Waals surface area contributed by atoms with Crippen molar-refractivity contribution in [2.75, 3.05) is 21.3 Å². The fourth-order valence-corrected chi connectivity index (χ4v) is 3.18. The molecule has 0 spiro atoms. The van der Waals surface area contributed by atoms with Gasteiger partial charge >= 0.3 is 0 Å². The molecule has 1 heterocycles. The Balaban J connectivity index is 1.79. The normalized spacial score (nSPS) is 13.4. The Morgan fingerprint density at radius 2 is 1.92 bits per heavy atom. The van der Waals surface area contributed by atoms with Crippen molar-refractivity contribution < 1.29 is 19.2 Å². The summed E-state index contributed by atoms with van der Waals surface area (Å²) >= 11 is 0. The van der Waals surface area contributed by atoms with Gasteiger partial charge in [0, 0.05) is 34.3 Å². The van der Waals surface area contributed by atoms with E-state index < -0.39 is 0 Å². The standard InChI is InChI=1S/C21H24N2O3/c1-14(21(24)18-12-22-19-8-6-5-7-17(18)19)23(2)13-15-9-10-16(25-3)11-20(15)26-4/h5-12,14,22H,13H2,1-4H3/p+1/t14-/m1/s1. The van der Waals surface area contributed by atoms with Crippen molar-refractivity contribution in [1.29, 1.82) is 0 Å². The summed E-state index contributed by atoms with van der Waals surface area (Å²) in [5, 5.41) is 0.971. The number of rotatable bonds is 7. The van der Waals surface area contributed by atoms with Crippen LogP contribution in [0.5, 0.6) is 11.5 Å². The number of aromatic amines is 1. The SMILES string of the molecule is COc1ccc(C[NH+](C)[C@H](C)C(=O)c2c[nH]c3ccccc23)c(OC)c1. The van der Waals surface area contributed by atoms with E-state index in [4.69, 9.17) is 9.47 Å². The maximum absolute atomic E-state index is 13.0. The molecule has 2 atom stereocenters. The van der Waals surface area contributed by atoms with Gasteiger partial charge in [-0.3, -0.25) is 4.79 Å². The molecule has 0 saturated carbocycles. The molecule has 0 amide bonds. The summed E-state index contributed by atoms with van der Waals surface area (Å²) in [4.78, 5) is 17.3. The molecule has 0 aliphatic heterocycles. The van der Waals surface area contributed by atoms with Crippen molar-refractivity contribution in [1.82, 2.24) is 4.98 Å². The highest BCUT2D eigenvalue weighted by Gasteiger charge is 2.26. The van der Waals surface area contributed by atoms with Gasteiger partial charge in [-0.2, -0.15) is 0 Å². The summed E-state index contributed by atoms with van der Waals surface area (Å²) < 4.78 is 10.7. The first-order valence-electron chi connectivity index (χ1n) is 8.68. The predicted octanol–water partition coefficient (Wildman–Crippen LogP) is 2.47. The number of nitrogens with one attached hydrogen (secondary N) is 2. The number of hydrogen-bond donors (Lipinski definition) is 2. The Bertz CT molecular complexity index is 917. The monoisotopic (exact) mass is 353 g/mol. The number of likely N-dealkylation sites (N-methyl/N-ethyl adjacent to an activating group) is 1. The Kier molecular flexibility index (Phi) is 5.28. The zero-order chi connectivity index (χ0) is 18.7. The van der Waals surface area contributed by atoms with Gasteiger partial charge in [-0.05, 0) is 25.1 Å². The van der Waals surface area contributed by atoms with Crippen LogP contribution in [0.1, 0.15) is 22.8 Å². The quantitative estimate of drug-likeness (QED) is 0.642. The van der Waals surface area contributed by atoms with E-state index in [1.807, 2.05) is 62.6 Å². The lowest BCUT2D eigenvalue weighted by Crippen LogP contribution is -3.12. The lowest BCUT2D eigenvalue weighted by Gasteiger charge is -2.21. The minimum atomic E-state index is -0.180. The van der Waals surface area contributed by atoms with Gasteiger partial charge in [0.05, 0.1) is 21.3 Å². The molecule has 0 aliphatic rings. The minimum absolute atomic E-state index is 0.132. The van der Waals surface area contributed by atoms with E-state index >= 15 is 0 Å². The van der Waals surface area contributed by atoms with Gasteiger partial charge in [0.2, 0.25) is 5.78 Å². The summed E-state index contributed by atoms with van der Waals surface area (Å²) in [5.41, 5.74) is 2.77. The van der Waals surface area contributed by atoms with Crippen LogP contribution >= 0.6 is 0 Å². The lowest BCUT2D eigenvalue weighted by atomic mass is 10.0. The van der Waals surface area contributed by atoms with Crippen LogP contribution in [0, 0.1) is 0 Å². The average molecular weight is 353 g/mol. The third-order valence-corrected chi connectivity index (χ3v) is 4.95. The van der Waals surface area contributed by atoms with Crippen LogP contribution in [0.2, 0.25) is 0 Å². The molecule has 0 saturated heterocycles. The van der Waals surface area contributed by atoms with Gasteiger partial charge in [0.15, 0.2) is 0 Å². The molecular formula is C21H25N2O3+. The zero-order valence-corrected chi connectivity index (χ0v) is 15.6. The number of quaternary nitrogens is 1. The smallest absolute Gasteiger partial charge is 0.221 e. The number of Topliss-reactive ketones (excluding diaryl/α,β-unsaturated/α-hetero) is 1. The van der Waals surface area contributed by atoms with E-state index in [-0.39, 0.29) is 11.8 Å². The topological polar surface area (TPSA) is 55.8 Å². The largest absolute Gasteiger partial charge is 0.497 e. The number of carbonyl (C=O) groups excluding carboxylic acids is 1. The highest BCUT2D eigenvalue weighted by Crippen LogP contribution is 2.24. The molecule has 26 heavy (non-hydrogen) atoms. The van der Waals surface area contributed by atoms with Crippen LogP contribution in [0.15, 0.2) is 48.7 Å². The number of aromatic nitrogens is 1. The molecule has 2 N–H and O–H groups in total. The predicted molar refractivity (Wildman–Crippen MR) is 102 cm³/mol. The first-order chi connectivity index (χ1) is 12.5. The van der Waals surface area contributed by atoms with Crippen molar-refractivity contribution in [3.05, 3.63) is 59.8 Å². The van der Waals surface area contributed by atoms with Crippen LogP contribution in [-0.2, 0) is 6.54 Å². The van der Waals surface area contributed by atoms with E-state index in [0.717, 1.165) is 38.4 Å². The second-order valence-electron chi connectivity index (χ2n) is 6.53. The maximum atomic E-state index is 13.0. The molecule has 5 nitrogen and oxygen atoms in total. The van der Waals surface area contributed by atoms with E-state index in [0.29, 0.717) is 6.54 Å². The molecular weight excluding hydrogens is 328 g/mol. The number of fused-ring (bicyclic) bond motifs is 1. The number of hydrogen-bond acceptors (Lipinski definition) is 3. The van der Waals surface area contributed by atoms with Crippen molar-refractivity contribution in [2.45, 2.75) is 19.5 Å². The molecule has 1 aromatic heterocycles. The number of ether oxygens (including phenoxy) is 2. The van der Waals surface area contributed by atoms with Gasteiger partial charge in [-0.15, -0.1) is 0 Å². The van der Waals surface area contributed by atoms with Gasteiger partial charge in [-0.25, -0.2) is 0 Å². The molecule has 0 radical (unpaired) electrons. The zero-order valence-electron chi connectivity index (χ0n) is 15.6. The van der Waals surface area contributed by atoms with Gasteiger partial charge in [-0.1, -0.05) is 18.2 Å². The summed E-state index contributed by atoms with van der Waals surface area (Å²) in [6, 6.07) is 13.5. The van der Waals surface area contributed by atoms with Crippen LogP contribution in [0.4, 0.5) is 0 Å². The van der Waals surface area contributed by atoms with Crippen LogP contribution in [0.25, 0.3) is 10.9 Å². The average Bonchev–Trinajstić information content (AvgIpc) is 3.11. The van der Waals surface area contributed by atoms with Crippen LogP contribution in [0.3, 0.4) is 0 Å². The van der Waals surface area contributed by atoms with Crippen LogP contribution < -0.4 is 14.4 Å². The molecule has 0 bridgehead atoms. The highest BCUT2D eigenvalue weighted by molar-refractivity contribution is 6.09. The third-order valence-electron chi connectivity index (χ3n) is 4.95. The minimum Gasteiger partial charge on any atom is -0.497 e. The summed E-state index contributed by atoms with van der Waals surface area (Å²) in [6.07, 6.45) is 1.81. The van der Waals surface area contributed by atoms with Crippen molar-refractivity contribution >= 4 is 16.7 Å². The first kappa shape index (κ1) is 18.0. The second-order valence-corrected chi connectivity index (χ2v) is 6.53. The van der Waals surface area contributed by atoms with Crippen molar-refractivity contribution in [3.63, 3.8) is 0 Å². The molecule has 3 aromatic rings. The number of ketones is 1. The lowest BCUT2D eigenvalue weighted by molar-refractivity contribution is -0.907. The number of H-pyrrole nitrogens is 1. The fourth-order valence-electron chi connectivity index (χ4n) is 3.18. The molecule has 2 aromatic carbocycles. The second kappa shape index (κ2) is 7.62. The van der Waals surface area contributed by atoms with E-state index in [9.17, 15) is 4.79 Å². The van der Waals surface area contributed by atoms with Crippen molar-refractivity contribution in [3.8, 4) is 11.5 Å². The Labute approximate surface area is 153 Å². The van der Waals surface area contributed by atoms with Gasteiger partial charge in [0.25, 0.3) is 0 Å². The molecule has 5 heteroatoms. The van der Waals surface area contributed by atoms with Crippen molar-refractivity contribution in [2.24, 2.45) is 0 Å². The van der Waals surface area contributed by atoms with Gasteiger partial charge in [0.1, 0.15) is 24.1 Å². The van der Waals surface area contributed by atoms with E-state index in [2.05, 4.69) is 4.98 Å². The van der Waals surface area contributed by atoms with E-state index in [1.54, 1.807) is 14.2 Å². The van der Waals surface area contributed by atoms with E-state index in [1.165, 1.54) is 0 Å². The highest BCUT2D eigenvalue weighted by atomic mass is 16.5. The number of carbonyl (C=O) groups is 1. The Morgan fingerprint density at radius 1 is 1.15 bits per heavy atom.